The molecular formula is C17H16FN3OS. The SMILES string of the molecule is NC(Cc1ccccc1)c1nnc(SCc2ccccc2F)o1. The molecule has 23 heavy (non-hydrogen) atoms. The van der Waals surface area contributed by atoms with Gasteiger partial charge in [-0.15, -0.1) is 10.2 Å². The summed E-state index contributed by atoms with van der Waals surface area (Å²) in [6.45, 7) is 0. The van der Waals surface area contributed by atoms with Gasteiger partial charge in [0.15, 0.2) is 0 Å². The van der Waals surface area contributed by atoms with Crippen LogP contribution in [-0.2, 0) is 12.2 Å². The predicted octanol–water partition coefficient (Wildman–Crippen LogP) is 3.74. The molecule has 1 aromatic heterocycles. The number of hydrogen-bond donors (Lipinski definition) is 1. The van der Waals surface area contributed by atoms with Crippen LogP contribution in [0, 0.1) is 5.82 Å². The maximum atomic E-state index is 13.6. The number of halogens is 1. The number of benzene rings is 2. The summed E-state index contributed by atoms with van der Waals surface area (Å²) in [6, 6.07) is 16.2. The van der Waals surface area contributed by atoms with Gasteiger partial charge in [-0.05, 0) is 23.6 Å². The third-order valence-corrected chi connectivity index (χ3v) is 4.21. The van der Waals surface area contributed by atoms with Crippen molar-refractivity contribution in [2.24, 2.45) is 5.73 Å². The lowest BCUT2D eigenvalue weighted by Crippen LogP contribution is -2.13. The molecule has 0 aliphatic rings. The number of aromatic nitrogens is 2. The highest BCUT2D eigenvalue weighted by atomic mass is 32.2. The van der Waals surface area contributed by atoms with Crippen molar-refractivity contribution < 1.29 is 8.81 Å². The summed E-state index contributed by atoms with van der Waals surface area (Å²) in [6.07, 6.45) is 0.625. The van der Waals surface area contributed by atoms with Crippen LogP contribution < -0.4 is 5.73 Å². The number of hydrogen-bond acceptors (Lipinski definition) is 5. The molecule has 0 amide bonds. The lowest BCUT2D eigenvalue weighted by Gasteiger charge is -2.06. The van der Waals surface area contributed by atoms with E-state index in [1.54, 1.807) is 18.2 Å². The van der Waals surface area contributed by atoms with Crippen LogP contribution in [0.1, 0.15) is 23.1 Å². The van der Waals surface area contributed by atoms with E-state index in [4.69, 9.17) is 10.2 Å². The predicted molar refractivity (Wildman–Crippen MR) is 87.3 cm³/mol. The van der Waals surface area contributed by atoms with Crippen LogP contribution in [0.5, 0.6) is 0 Å². The summed E-state index contributed by atoms with van der Waals surface area (Å²) in [5.74, 6) is 0.591. The van der Waals surface area contributed by atoms with E-state index in [-0.39, 0.29) is 11.9 Å². The molecule has 3 rings (SSSR count). The summed E-state index contributed by atoms with van der Waals surface area (Å²) in [7, 11) is 0. The van der Waals surface area contributed by atoms with Gasteiger partial charge in [-0.3, -0.25) is 0 Å². The van der Waals surface area contributed by atoms with E-state index in [1.165, 1.54) is 17.8 Å². The lowest BCUT2D eigenvalue weighted by atomic mass is 10.1. The van der Waals surface area contributed by atoms with Crippen molar-refractivity contribution in [3.8, 4) is 0 Å². The maximum Gasteiger partial charge on any atom is 0.276 e. The minimum absolute atomic E-state index is 0.236. The largest absolute Gasteiger partial charge is 0.414 e. The Morgan fingerprint density at radius 2 is 1.78 bits per heavy atom. The van der Waals surface area contributed by atoms with Crippen molar-refractivity contribution in [3.63, 3.8) is 0 Å². The molecule has 2 N–H and O–H groups in total. The molecular weight excluding hydrogens is 313 g/mol. The minimum atomic E-state index is -0.354. The van der Waals surface area contributed by atoms with Gasteiger partial charge in [0, 0.05) is 5.75 Å². The fourth-order valence-electron chi connectivity index (χ4n) is 2.14. The number of thioether (sulfide) groups is 1. The summed E-state index contributed by atoms with van der Waals surface area (Å²) in [5, 5.41) is 8.35. The Balaban J connectivity index is 1.60. The molecule has 6 heteroatoms. The van der Waals surface area contributed by atoms with Gasteiger partial charge in [0.2, 0.25) is 5.89 Å². The quantitative estimate of drug-likeness (QED) is 0.698. The zero-order chi connectivity index (χ0) is 16.1. The second-order valence-electron chi connectivity index (χ2n) is 5.08. The Labute approximate surface area is 137 Å². The van der Waals surface area contributed by atoms with Crippen molar-refractivity contribution in [1.82, 2.24) is 10.2 Å². The molecule has 118 valence electrons. The van der Waals surface area contributed by atoms with Crippen LogP contribution in [0.4, 0.5) is 4.39 Å². The summed E-state index contributed by atoms with van der Waals surface area (Å²) in [4.78, 5) is 0. The van der Waals surface area contributed by atoms with E-state index >= 15 is 0 Å². The van der Waals surface area contributed by atoms with Crippen molar-refractivity contribution in [2.45, 2.75) is 23.4 Å². The first-order valence-electron chi connectivity index (χ1n) is 7.21. The standard InChI is InChI=1S/C17H16FN3OS/c18-14-9-5-4-8-13(14)11-23-17-21-20-16(22-17)15(19)10-12-6-2-1-3-7-12/h1-9,15H,10-11,19H2. The first-order chi connectivity index (χ1) is 11.2. The molecule has 3 aromatic rings. The number of rotatable bonds is 6. The lowest BCUT2D eigenvalue weighted by molar-refractivity contribution is 0.385. The molecule has 0 bridgehead atoms. The Morgan fingerprint density at radius 1 is 1.04 bits per heavy atom. The topological polar surface area (TPSA) is 64.9 Å². The first kappa shape index (κ1) is 15.7. The number of nitrogens with two attached hydrogens (primary N) is 1. The van der Waals surface area contributed by atoms with E-state index in [9.17, 15) is 4.39 Å². The van der Waals surface area contributed by atoms with E-state index in [1.807, 2.05) is 30.3 Å². The second kappa shape index (κ2) is 7.39. The fraction of sp³-hybridized carbons (Fsp3) is 0.176. The van der Waals surface area contributed by atoms with Gasteiger partial charge in [0.1, 0.15) is 5.82 Å². The Kier molecular flexibility index (Phi) is 5.05. The van der Waals surface area contributed by atoms with E-state index < -0.39 is 0 Å². The third-order valence-electron chi connectivity index (χ3n) is 3.35. The first-order valence-corrected chi connectivity index (χ1v) is 8.20. The molecule has 2 aromatic carbocycles. The highest BCUT2D eigenvalue weighted by Crippen LogP contribution is 2.24. The van der Waals surface area contributed by atoms with Gasteiger partial charge < -0.3 is 10.2 Å². The van der Waals surface area contributed by atoms with Gasteiger partial charge in [-0.2, -0.15) is 0 Å². The molecule has 0 aliphatic heterocycles. The molecule has 0 radical (unpaired) electrons. The Hall–Kier alpha value is -2.18. The van der Waals surface area contributed by atoms with Crippen LogP contribution >= 0.6 is 11.8 Å². The average Bonchev–Trinajstić information content (AvgIpc) is 3.04. The maximum absolute atomic E-state index is 13.6. The molecule has 1 heterocycles. The van der Waals surface area contributed by atoms with Crippen LogP contribution in [0.25, 0.3) is 0 Å². The monoisotopic (exact) mass is 329 g/mol. The molecule has 1 unspecified atom stereocenters. The smallest absolute Gasteiger partial charge is 0.276 e. The Morgan fingerprint density at radius 3 is 2.57 bits per heavy atom. The normalized spacial score (nSPS) is 12.3. The van der Waals surface area contributed by atoms with E-state index in [2.05, 4.69) is 10.2 Å². The van der Waals surface area contributed by atoms with Gasteiger partial charge in [0.05, 0.1) is 6.04 Å². The zero-order valence-electron chi connectivity index (χ0n) is 12.4. The van der Waals surface area contributed by atoms with Gasteiger partial charge >= 0.3 is 0 Å². The van der Waals surface area contributed by atoms with E-state index in [0.717, 1.165) is 5.56 Å². The van der Waals surface area contributed by atoms with Gasteiger partial charge in [-0.25, -0.2) is 4.39 Å². The summed E-state index contributed by atoms with van der Waals surface area (Å²) < 4.78 is 19.1. The van der Waals surface area contributed by atoms with Crippen molar-refractivity contribution >= 4 is 11.8 Å². The number of nitrogens with zero attached hydrogens (tertiary/aromatic N) is 2. The molecule has 0 saturated heterocycles. The van der Waals surface area contributed by atoms with Crippen molar-refractivity contribution in [1.29, 1.82) is 0 Å². The van der Waals surface area contributed by atoms with Crippen LogP contribution in [-0.4, -0.2) is 10.2 Å². The highest BCUT2D eigenvalue weighted by molar-refractivity contribution is 7.98. The summed E-state index contributed by atoms with van der Waals surface area (Å²) >= 11 is 1.30. The van der Waals surface area contributed by atoms with Crippen molar-refractivity contribution in [3.05, 3.63) is 77.4 Å². The highest BCUT2D eigenvalue weighted by Gasteiger charge is 2.15. The fourth-order valence-corrected chi connectivity index (χ4v) is 2.89. The van der Waals surface area contributed by atoms with Gasteiger partial charge in [-0.1, -0.05) is 60.3 Å². The molecule has 0 fully saturated rings. The van der Waals surface area contributed by atoms with Gasteiger partial charge in [0.25, 0.3) is 5.22 Å². The molecule has 1 atom stereocenters. The zero-order valence-corrected chi connectivity index (χ0v) is 13.2. The van der Waals surface area contributed by atoms with Crippen LogP contribution in [0.15, 0.2) is 64.2 Å². The molecule has 4 nitrogen and oxygen atoms in total. The van der Waals surface area contributed by atoms with Crippen LogP contribution in [0.3, 0.4) is 0 Å². The van der Waals surface area contributed by atoms with Crippen LogP contribution in [0.2, 0.25) is 0 Å². The Bertz CT molecular complexity index is 763. The second-order valence-corrected chi connectivity index (χ2v) is 6.01. The third kappa shape index (κ3) is 4.18. The molecule has 0 spiro atoms. The van der Waals surface area contributed by atoms with E-state index in [0.29, 0.717) is 28.9 Å². The average molecular weight is 329 g/mol. The molecule has 0 saturated carbocycles. The minimum Gasteiger partial charge on any atom is -0.414 e. The molecule has 0 aliphatic carbocycles. The summed E-state index contributed by atoms with van der Waals surface area (Å²) in [5.41, 5.74) is 7.82. The van der Waals surface area contributed by atoms with Crippen molar-refractivity contribution in [2.75, 3.05) is 0 Å².